The number of guanidine groups is 1. The van der Waals surface area contributed by atoms with Crippen LogP contribution in [0.15, 0.2) is 51.9 Å². The average molecular weight is 376 g/mol. The number of hydrogen-bond acceptors (Lipinski definition) is 2. The maximum absolute atomic E-state index is 5.24. The van der Waals surface area contributed by atoms with Gasteiger partial charge >= 0.3 is 0 Å². The number of methoxy groups -OCH3 is 1. The highest BCUT2D eigenvalue weighted by molar-refractivity contribution is 9.10. The highest BCUT2D eigenvalue weighted by Gasteiger charge is 2.03. The first-order valence-electron chi connectivity index (χ1n) is 7.45. The van der Waals surface area contributed by atoms with Crippen molar-refractivity contribution in [2.24, 2.45) is 4.99 Å². The molecule has 0 aliphatic heterocycles. The highest BCUT2D eigenvalue weighted by Crippen LogP contribution is 2.25. The van der Waals surface area contributed by atoms with E-state index in [4.69, 9.17) is 4.74 Å². The number of nitrogens with one attached hydrogen (secondary N) is 2. The lowest BCUT2D eigenvalue weighted by Gasteiger charge is -2.13. The monoisotopic (exact) mass is 375 g/mol. The molecule has 0 bridgehead atoms. The molecule has 5 heteroatoms. The summed E-state index contributed by atoms with van der Waals surface area (Å²) in [5, 5.41) is 6.65. The Morgan fingerprint density at radius 1 is 1.13 bits per heavy atom. The van der Waals surface area contributed by atoms with Crippen LogP contribution >= 0.6 is 15.9 Å². The minimum atomic E-state index is 0.691. The van der Waals surface area contributed by atoms with Gasteiger partial charge in [0.1, 0.15) is 5.75 Å². The summed E-state index contributed by atoms with van der Waals surface area (Å²) in [4.78, 5) is 4.26. The topological polar surface area (TPSA) is 45.7 Å². The first-order chi connectivity index (χ1) is 11.1. The van der Waals surface area contributed by atoms with Gasteiger partial charge in [0.05, 0.1) is 11.6 Å². The van der Waals surface area contributed by atoms with Crippen molar-refractivity contribution in [1.82, 2.24) is 10.6 Å². The SMILES string of the molecule is CN=C(NCc1ccc(OC)c(Br)c1)NCc1ccccc1C. The van der Waals surface area contributed by atoms with Gasteiger partial charge in [0.15, 0.2) is 5.96 Å². The van der Waals surface area contributed by atoms with Gasteiger partial charge in [-0.1, -0.05) is 30.3 Å². The van der Waals surface area contributed by atoms with E-state index in [9.17, 15) is 0 Å². The largest absolute Gasteiger partial charge is 0.496 e. The van der Waals surface area contributed by atoms with Crippen LogP contribution in [0.4, 0.5) is 0 Å². The molecular weight excluding hydrogens is 354 g/mol. The molecule has 2 rings (SSSR count). The van der Waals surface area contributed by atoms with Gasteiger partial charge in [-0.3, -0.25) is 4.99 Å². The Hall–Kier alpha value is -2.01. The second kappa shape index (κ2) is 8.58. The molecule has 2 aromatic carbocycles. The van der Waals surface area contributed by atoms with Crippen LogP contribution in [-0.2, 0) is 13.1 Å². The van der Waals surface area contributed by atoms with Crippen LogP contribution in [0.25, 0.3) is 0 Å². The fraction of sp³-hybridized carbons (Fsp3) is 0.278. The van der Waals surface area contributed by atoms with E-state index in [1.54, 1.807) is 14.2 Å². The summed E-state index contributed by atoms with van der Waals surface area (Å²) in [6.07, 6.45) is 0. The molecule has 0 saturated carbocycles. The fourth-order valence-electron chi connectivity index (χ4n) is 2.21. The summed E-state index contributed by atoms with van der Waals surface area (Å²) in [7, 11) is 3.44. The number of hydrogen-bond donors (Lipinski definition) is 2. The molecule has 4 nitrogen and oxygen atoms in total. The van der Waals surface area contributed by atoms with Crippen molar-refractivity contribution in [3.8, 4) is 5.75 Å². The lowest BCUT2D eigenvalue weighted by atomic mass is 10.1. The first kappa shape index (κ1) is 17.3. The zero-order chi connectivity index (χ0) is 16.7. The Morgan fingerprint density at radius 3 is 2.52 bits per heavy atom. The third kappa shape index (κ3) is 4.99. The molecule has 0 aromatic heterocycles. The number of halogens is 1. The zero-order valence-electron chi connectivity index (χ0n) is 13.7. The Balaban J connectivity index is 1.90. The Labute approximate surface area is 146 Å². The number of ether oxygens (including phenoxy) is 1. The second-order valence-electron chi connectivity index (χ2n) is 5.17. The maximum Gasteiger partial charge on any atom is 0.191 e. The molecular formula is C18H22BrN3O. The molecule has 0 spiro atoms. The molecule has 0 fully saturated rings. The van der Waals surface area contributed by atoms with Crippen LogP contribution in [0.1, 0.15) is 16.7 Å². The summed E-state index contributed by atoms with van der Waals surface area (Å²) >= 11 is 3.50. The third-order valence-electron chi connectivity index (χ3n) is 3.61. The maximum atomic E-state index is 5.24. The van der Waals surface area contributed by atoms with Crippen molar-refractivity contribution < 1.29 is 4.74 Å². The molecule has 0 heterocycles. The standard InChI is InChI=1S/C18H22BrN3O/c1-13-6-4-5-7-15(13)12-22-18(20-2)21-11-14-8-9-17(23-3)16(19)10-14/h4-10H,11-12H2,1-3H3,(H2,20,21,22). The van der Waals surface area contributed by atoms with E-state index in [1.165, 1.54) is 11.1 Å². The van der Waals surface area contributed by atoms with E-state index in [0.717, 1.165) is 28.3 Å². The van der Waals surface area contributed by atoms with Gasteiger partial charge in [-0.2, -0.15) is 0 Å². The van der Waals surface area contributed by atoms with Crippen LogP contribution in [0, 0.1) is 6.92 Å². The Kier molecular flexibility index (Phi) is 6.47. The van der Waals surface area contributed by atoms with Gasteiger partial charge in [-0.15, -0.1) is 0 Å². The van der Waals surface area contributed by atoms with E-state index in [-0.39, 0.29) is 0 Å². The molecule has 122 valence electrons. The molecule has 0 aliphatic rings. The van der Waals surface area contributed by atoms with Crippen LogP contribution in [0.2, 0.25) is 0 Å². The van der Waals surface area contributed by atoms with Gasteiger partial charge in [0.25, 0.3) is 0 Å². The average Bonchev–Trinajstić information content (AvgIpc) is 2.56. The predicted octanol–water partition coefficient (Wildman–Crippen LogP) is 3.63. The van der Waals surface area contributed by atoms with E-state index >= 15 is 0 Å². The molecule has 0 unspecified atom stereocenters. The van der Waals surface area contributed by atoms with Crippen molar-refractivity contribution in [3.63, 3.8) is 0 Å². The normalized spacial score (nSPS) is 11.2. The van der Waals surface area contributed by atoms with Gasteiger partial charge in [-0.25, -0.2) is 0 Å². The molecule has 2 aromatic rings. The lowest BCUT2D eigenvalue weighted by molar-refractivity contribution is 0.412. The van der Waals surface area contributed by atoms with Gasteiger partial charge in [0.2, 0.25) is 0 Å². The van der Waals surface area contributed by atoms with Crippen molar-refractivity contribution >= 4 is 21.9 Å². The summed E-state index contributed by atoms with van der Waals surface area (Å²) in [6, 6.07) is 14.4. The smallest absolute Gasteiger partial charge is 0.191 e. The minimum absolute atomic E-state index is 0.691. The first-order valence-corrected chi connectivity index (χ1v) is 8.24. The number of nitrogens with zero attached hydrogens (tertiary/aromatic N) is 1. The summed E-state index contributed by atoms with van der Waals surface area (Å²) in [5.74, 6) is 1.61. The Morgan fingerprint density at radius 2 is 1.87 bits per heavy atom. The molecule has 2 N–H and O–H groups in total. The van der Waals surface area contributed by atoms with Crippen molar-refractivity contribution in [3.05, 3.63) is 63.6 Å². The lowest BCUT2D eigenvalue weighted by Crippen LogP contribution is -2.36. The van der Waals surface area contributed by atoms with Crippen molar-refractivity contribution in [2.75, 3.05) is 14.2 Å². The number of aliphatic imine (C=N–C) groups is 1. The van der Waals surface area contributed by atoms with E-state index in [1.807, 2.05) is 24.3 Å². The molecule has 0 saturated heterocycles. The summed E-state index contributed by atoms with van der Waals surface area (Å²) in [6.45, 7) is 3.55. The van der Waals surface area contributed by atoms with Gasteiger partial charge in [0, 0.05) is 20.1 Å². The van der Waals surface area contributed by atoms with Gasteiger partial charge in [-0.05, 0) is 51.7 Å². The molecule has 0 radical (unpaired) electrons. The van der Waals surface area contributed by atoms with Crippen molar-refractivity contribution in [2.45, 2.75) is 20.0 Å². The van der Waals surface area contributed by atoms with E-state index in [2.05, 4.69) is 56.7 Å². The minimum Gasteiger partial charge on any atom is -0.496 e. The summed E-state index contributed by atoms with van der Waals surface area (Å²) in [5.41, 5.74) is 3.69. The zero-order valence-corrected chi connectivity index (χ0v) is 15.3. The quantitative estimate of drug-likeness (QED) is 0.619. The number of benzene rings is 2. The molecule has 0 amide bonds. The van der Waals surface area contributed by atoms with E-state index in [0.29, 0.717) is 6.54 Å². The highest BCUT2D eigenvalue weighted by atomic mass is 79.9. The molecule has 0 atom stereocenters. The molecule has 23 heavy (non-hydrogen) atoms. The van der Waals surface area contributed by atoms with Crippen molar-refractivity contribution in [1.29, 1.82) is 0 Å². The fourth-order valence-corrected chi connectivity index (χ4v) is 2.80. The Bertz CT molecular complexity index is 686. The van der Waals surface area contributed by atoms with Crippen LogP contribution in [0.3, 0.4) is 0 Å². The van der Waals surface area contributed by atoms with Crippen LogP contribution < -0.4 is 15.4 Å². The van der Waals surface area contributed by atoms with Crippen LogP contribution in [0.5, 0.6) is 5.75 Å². The van der Waals surface area contributed by atoms with E-state index < -0.39 is 0 Å². The predicted molar refractivity (Wildman–Crippen MR) is 98.9 cm³/mol. The molecule has 0 aliphatic carbocycles. The van der Waals surface area contributed by atoms with Crippen LogP contribution in [-0.4, -0.2) is 20.1 Å². The van der Waals surface area contributed by atoms with Gasteiger partial charge < -0.3 is 15.4 Å². The second-order valence-corrected chi connectivity index (χ2v) is 6.03. The summed E-state index contributed by atoms with van der Waals surface area (Å²) < 4.78 is 6.19. The third-order valence-corrected chi connectivity index (χ3v) is 4.23. The number of rotatable bonds is 5. The number of aryl methyl sites for hydroxylation is 1.